The fraction of sp³-hybridized carbons (Fsp3) is 0. The first-order chi connectivity index (χ1) is 31.8. The van der Waals surface area contributed by atoms with E-state index in [1.165, 1.54) is 54.5 Å². The quantitative estimate of drug-likeness (QED) is 0.139. The van der Waals surface area contributed by atoms with Gasteiger partial charge in [0.1, 0.15) is 0 Å². The van der Waals surface area contributed by atoms with E-state index in [0.717, 1.165) is 56.1 Å². The Morgan fingerprint density at radius 1 is 0.266 bits per heavy atom. The van der Waals surface area contributed by atoms with Gasteiger partial charge >= 0.3 is 0 Å². The summed E-state index contributed by atoms with van der Waals surface area (Å²) in [6.45, 7) is 0. The van der Waals surface area contributed by atoms with E-state index in [1.807, 2.05) is 0 Å². The summed E-state index contributed by atoms with van der Waals surface area (Å²) in [4.78, 5) is 2.47. The summed E-state index contributed by atoms with van der Waals surface area (Å²) in [5.41, 5.74) is 16.2. The van der Waals surface area contributed by atoms with Crippen LogP contribution >= 0.6 is 0 Å². The maximum Gasteiger partial charge on any atom is 0.0546 e. The summed E-state index contributed by atoms with van der Waals surface area (Å²) in [7, 11) is 0. The molecule has 1 heterocycles. The van der Waals surface area contributed by atoms with Crippen LogP contribution in [0.25, 0.3) is 93.5 Å². The van der Waals surface area contributed by atoms with E-state index >= 15 is 0 Å². The number of aromatic nitrogens is 1. The minimum Gasteiger partial charge on any atom is -0.309 e. The Bertz CT molecular complexity index is 3610. The molecule has 2 heteroatoms. The fourth-order valence-electron chi connectivity index (χ4n) is 9.81. The number of fused-ring (bicyclic) bond motifs is 6. The molecule has 0 aliphatic heterocycles. The van der Waals surface area contributed by atoms with Crippen LogP contribution in [0, 0.1) is 0 Å². The number of hydrogen-bond donors (Lipinski definition) is 0. The minimum absolute atomic E-state index is 1.07. The molecule has 0 atom stereocenters. The van der Waals surface area contributed by atoms with E-state index in [-0.39, 0.29) is 0 Å². The highest BCUT2D eigenvalue weighted by Crippen LogP contribution is 2.47. The highest BCUT2D eigenvalue weighted by Gasteiger charge is 2.22. The lowest BCUT2D eigenvalue weighted by molar-refractivity contribution is 1.18. The minimum atomic E-state index is 1.07. The third-order valence-electron chi connectivity index (χ3n) is 12.8. The Balaban J connectivity index is 1.05. The van der Waals surface area contributed by atoms with Crippen LogP contribution in [0.4, 0.5) is 17.1 Å². The first-order valence-electron chi connectivity index (χ1n) is 22.0. The fourth-order valence-corrected chi connectivity index (χ4v) is 9.81. The molecule has 0 aliphatic rings. The zero-order valence-electron chi connectivity index (χ0n) is 35.1. The van der Waals surface area contributed by atoms with Crippen molar-refractivity contribution < 1.29 is 0 Å². The molecule has 12 rings (SSSR count). The molecular weight excluding hydrogens is 773 g/mol. The molecule has 0 bridgehead atoms. The zero-order chi connectivity index (χ0) is 42.4. The second kappa shape index (κ2) is 15.8. The van der Waals surface area contributed by atoms with E-state index in [0.29, 0.717) is 0 Å². The van der Waals surface area contributed by atoms with Gasteiger partial charge in [0.05, 0.1) is 22.4 Å². The maximum absolute atomic E-state index is 2.47. The van der Waals surface area contributed by atoms with E-state index in [1.54, 1.807) is 0 Å². The highest BCUT2D eigenvalue weighted by atomic mass is 15.1. The molecule has 64 heavy (non-hydrogen) atoms. The molecule has 300 valence electrons. The van der Waals surface area contributed by atoms with Crippen molar-refractivity contribution in [1.29, 1.82) is 0 Å². The summed E-state index contributed by atoms with van der Waals surface area (Å²) in [5.74, 6) is 0. The number of rotatable bonds is 8. The Kier molecular flexibility index (Phi) is 9.20. The molecule has 0 saturated heterocycles. The Hall–Kier alpha value is -8.46. The first-order valence-corrected chi connectivity index (χ1v) is 22.0. The molecule has 0 fully saturated rings. The van der Waals surface area contributed by atoms with Crippen LogP contribution in [-0.4, -0.2) is 4.57 Å². The number of para-hydroxylation sites is 3. The summed E-state index contributed by atoms with van der Waals surface area (Å²) < 4.78 is 2.39. The molecule has 0 amide bonds. The Labute approximate surface area is 373 Å². The SMILES string of the molecule is c1ccc(-c2ccccc2N(c2ccc(-c3cccc(-n4c5ccccc5c5ccccc54)c3)cc2)c2cc(-c3cc4ccccc4c4ccccc34)ccc2-c2ccccc2)cc1. The molecule has 0 N–H and O–H groups in total. The van der Waals surface area contributed by atoms with Crippen LogP contribution in [0.15, 0.2) is 255 Å². The molecule has 0 saturated carbocycles. The van der Waals surface area contributed by atoms with Crippen molar-refractivity contribution in [3.05, 3.63) is 255 Å². The summed E-state index contributed by atoms with van der Waals surface area (Å²) in [5, 5.41) is 7.51. The van der Waals surface area contributed by atoms with Crippen molar-refractivity contribution in [1.82, 2.24) is 4.57 Å². The number of hydrogen-bond acceptors (Lipinski definition) is 1. The zero-order valence-corrected chi connectivity index (χ0v) is 35.1. The van der Waals surface area contributed by atoms with Crippen molar-refractivity contribution in [2.75, 3.05) is 4.90 Å². The number of anilines is 3. The molecule has 0 spiro atoms. The van der Waals surface area contributed by atoms with Crippen LogP contribution in [0.2, 0.25) is 0 Å². The second-order valence-electron chi connectivity index (χ2n) is 16.5. The molecule has 1 aromatic heterocycles. The van der Waals surface area contributed by atoms with Crippen molar-refractivity contribution >= 4 is 60.4 Å². The van der Waals surface area contributed by atoms with E-state index < -0.39 is 0 Å². The molecule has 0 aliphatic carbocycles. The monoisotopic (exact) mass is 814 g/mol. The van der Waals surface area contributed by atoms with Gasteiger partial charge in [-0.05, 0) is 110 Å². The first kappa shape index (κ1) is 37.3. The van der Waals surface area contributed by atoms with Gasteiger partial charge in [0.2, 0.25) is 0 Å². The van der Waals surface area contributed by atoms with Crippen molar-refractivity contribution in [3.63, 3.8) is 0 Å². The summed E-state index contributed by atoms with van der Waals surface area (Å²) in [6.07, 6.45) is 0. The predicted molar refractivity (Wildman–Crippen MR) is 272 cm³/mol. The smallest absolute Gasteiger partial charge is 0.0546 e. The average molecular weight is 815 g/mol. The second-order valence-corrected chi connectivity index (χ2v) is 16.5. The van der Waals surface area contributed by atoms with Gasteiger partial charge < -0.3 is 9.47 Å². The molecular formula is C62H42N2. The van der Waals surface area contributed by atoms with Gasteiger partial charge in [-0.2, -0.15) is 0 Å². The molecule has 0 radical (unpaired) electrons. The topological polar surface area (TPSA) is 8.17 Å². The van der Waals surface area contributed by atoms with E-state index in [9.17, 15) is 0 Å². The highest BCUT2D eigenvalue weighted by molar-refractivity contribution is 6.14. The summed E-state index contributed by atoms with van der Waals surface area (Å²) in [6, 6.07) is 92.8. The number of benzene rings is 11. The maximum atomic E-state index is 2.47. The van der Waals surface area contributed by atoms with Crippen molar-refractivity contribution in [2.24, 2.45) is 0 Å². The normalized spacial score (nSPS) is 11.4. The van der Waals surface area contributed by atoms with Gasteiger partial charge in [0.25, 0.3) is 0 Å². The Morgan fingerprint density at radius 2 is 0.797 bits per heavy atom. The number of nitrogens with zero attached hydrogens (tertiary/aromatic N) is 2. The van der Waals surface area contributed by atoms with Crippen molar-refractivity contribution in [3.8, 4) is 50.2 Å². The third kappa shape index (κ3) is 6.44. The molecule has 0 unspecified atom stereocenters. The van der Waals surface area contributed by atoms with Gasteiger partial charge in [-0.15, -0.1) is 0 Å². The van der Waals surface area contributed by atoms with Gasteiger partial charge in [-0.3, -0.25) is 0 Å². The summed E-state index contributed by atoms with van der Waals surface area (Å²) >= 11 is 0. The van der Waals surface area contributed by atoms with Gasteiger partial charge in [-0.1, -0.05) is 200 Å². The van der Waals surface area contributed by atoms with Crippen LogP contribution in [0.1, 0.15) is 0 Å². The third-order valence-corrected chi connectivity index (χ3v) is 12.8. The van der Waals surface area contributed by atoms with Crippen LogP contribution < -0.4 is 4.90 Å². The van der Waals surface area contributed by atoms with Crippen LogP contribution in [0.3, 0.4) is 0 Å². The largest absolute Gasteiger partial charge is 0.309 e. The molecule has 12 aromatic rings. The van der Waals surface area contributed by atoms with Crippen molar-refractivity contribution in [2.45, 2.75) is 0 Å². The molecule has 11 aromatic carbocycles. The van der Waals surface area contributed by atoms with Crippen LogP contribution in [0.5, 0.6) is 0 Å². The van der Waals surface area contributed by atoms with Gasteiger partial charge in [-0.25, -0.2) is 0 Å². The predicted octanol–water partition coefficient (Wildman–Crippen LogP) is 17.2. The lowest BCUT2D eigenvalue weighted by Gasteiger charge is -2.30. The van der Waals surface area contributed by atoms with Gasteiger partial charge in [0, 0.05) is 33.3 Å². The van der Waals surface area contributed by atoms with E-state index in [2.05, 4.69) is 264 Å². The standard InChI is InChI=1S/C62H42N2/c1-3-18-44(19-4-1)52-26-11-14-31-59(52)63(49-37-34-43(35-38-49)46-23-17-24-50(40-46)64-60-32-15-12-29-56(60)57-30-13-16-33-61(57)64)62-42-48(36-39-53(62)45-20-5-2-6-21-45)58-41-47-22-7-8-25-51(47)54-27-9-10-28-55(54)58/h1-42H. The van der Waals surface area contributed by atoms with Gasteiger partial charge in [0.15, 0.2) is 0 Å². The van der Waals surface area contributed by atoms with Crippen LogP contribution in [-0.2, 0) is 0 Å². The lowest BCUT2D eigenvalue weighted by Crippen LogP contribution is -2.12. The lowest BCUT2D eigenvalue weighted by atomic mass is 9.91. The van der Waals surface area contributed by atoms with E-state index in [4.69, 9.17) is 0 Å². The molecule has 2 nitrogen and oxygen atoms in total. The average Bonchev–Trinajstić information content (AvgIpc) is 3.71. The Morgan fingerprint density at radius 3 is 1.50 bits per heavy atom.